The van der Waals surface area contributed by atoms with E-state index in [4.69, 9.17) is 4.74 Å². The molecule has 0 radical (unpaired) electrons. The summed E-state index contributed by atoms with van der Waals surface area (Å²) >= 11 is 0. The number of hydrazone groups is 1. The van der Waals surface area contributed by atoms with Gasteiger partial charge in [-0.25, -0.2) is 5.43 Å². The van der Waals surface area contributed by atoms with E-state index in [1.54, 1.807) is 12.1 Å². The molecular weight excluding hydrogens is 378 g/mol. The number of nitrogens with zero attached hydrogens (tertiary/aromatic N) is 1. The number of ether oxygens (including phenoxy) is 1. The van der Waals surface area contributed by atoms with E-state index in [2.05, 4.69) is 15.8 Å². The van der Waals surface area contributed by atoms with E-state index in [1.807, 2.05) is 74.5 Å². The van der Waals surface area contributed by atoms with Crippen molar-refractivity contribution in [2.75, 3.05) is 5.32 Å². The van der Waals surface area contributed by atoms with Gasteiger partial charge in [0.2, 0.25) is 0 Å². The number of carbonyl (C=O) groups is 2. The lowest BCUT2D eigenvalue weighted by Crippen LogP contribution is -2.32. The zero-order valence-corrected chi connectivity index (χ0v) is 16.9. The van der Waals surface area contributed by atoms with Gasteiger partial charge in [0.25, 0.3) is 0 Å². The van der Waals surface area contributed by atoms with Gasteiger partial charge in [0.15, 0.2) is 0 Å². The minimum Gasteiger partial charge on any atom is -0.489 e. The van der Waals surface area contributed by atoms with Gasteiger partial charge >= 0.3 is 11.8 Å². The van der Waals surface area contributed by atoms with E-state index in [1.165, 1.54) is 11.8 Å². The third-order valence-corrected chi connectivity index (χ3v) is 4.30. The molecule has 0 aliphatic carbocycles. The summed E-state index contributed by atoms with van der Waals surface area (Å²) in [6.07, 6.45) is 1.46. The van der Waals surface area contributed by atoms with Crippen LogP contribution in [0.1, 0.15) is 22.3 Å². The van der Waals surface area contributed by atoms with Crippen molar-refractivity contribution in [3.05, 3.63) is 95.1 Å². The van der Waals surface area contributed by atoms with Crippen molar-refractivity contribution in [3.63, 3.8) is 0 Å². The Morgan fingerprint density at radius 1 is 0.833 bits per heavy atom. The number of nitrogens with one attached hydrogen (secondary N) is 2. The molecule has 3 rings (SSSR count). The second-order valence-corrected chi connectivity index (χ2v) is 6.86. The molecule has 3 aromatic carbocycles. The van der Waals surface area contributed by atoms with Crippen LogP contribution in [0.3, 0.4) is 0 Å². The van der Waals surface area contributed by atoms with Crippen molar-refractivity contribution in [2.24, 2.45) is 5.10 Å². The van der Waals surface area contributed by atoms with Gasteiger partial charge in [-0.15, -0.1) is 0 Å². The molecule has 0 aromatic heterocycles. The van der Waals surface area contributed by atoms with Crippen molar-refractivity contribution >= 4 is 23.7 Å². The zero-order valence-electron chi connectivity index (χ0n) is 16.9. The van der Waals surface area contributed by atoms with Crippen LogP contribution in [0.15, 0.2) is 77.9 Å². The Balaban J connectivity index is 1.46. The first kappa shape index (κ1) is 20.8. The van der Waals surface area contributed by atoms with E-state index >= 15 is 0 Å². The van der Waals surface area contributed by atoms with Crippen molar-refractivity contribution in [2.45, 2.75) is 20.5 Å². The summed E-state index contributed by atoms with van der Waals surface area (Å²) in [5.74, 6) is -0.894. The lowest BCUT2D eigenvalue weighted by atomic mass is 10.2. The summed E-state index contributed by atoms with van der Waals surface area (Å²) in [6.45, 7) is 4.47. The molecule has 0 unspecified atom stereocenters. The fourth-order valence-corrected chi connectivity index (χ4v) is 2.54. The molecule has 0 saturated heterocycles. The molecule has 30 heavy (non-hydrogen) atoms. The van der Waals surface area contributed by atoms with E-state index in [0.29, 0.717) is 12.3 Å². The fourth-order valence-electron chi connectivity index (χ4n) is 2.54. The molecule has 0 heterocycles. The number of hydrogen-bond donors (Lipinski definition) is 2. The number of benzene rings is 3. The van der Waals surface area contributed by atoms with Gasteiger partial charge in [-0.3, -0.25) is 9.59 Å². The molecule has 2 N–H and O–H groups in total. The maximum absolute atomic E-state index is 11.9. The third kappa shape index (κ3) is 6.31. The molecule has 0 bridgehead atoms. The lowest BCUT2D eigenvalue weighted by Gasteiger charge is -2.07. The number of rotatable bonds is 6. The Kier molecular flexibility index (Phi) is 6.95. The predicted molar refractivity (Wildman–Crippen MR) is 117 cm³/mol. The Morgan fingerprint density at radius 2 is 1.43 bits per heavy atom. The minimum atomic E-state index is -0.843. The number of anilines is 1. The zero-order chi connectivity index (χ0) is 21.3. The van der Waals surface area contributed by atoms with Crippen LogP contribution in [0.5, 0.6) is 5.75 Å². The third-order valence-electron chi connectivity index (χ3n) is 4.30. The molecule has 0 aliphatic rings. The van der Waals surface area contributed by atoms with Crippen molar-refractivity contribution in [3.8, 4) is 5.75 Å². The summed E-state index contributed by atoms with van der Waals surface area (Å²) in [5, 5.41) is 6.34. The second kappa shape index (κ2) is 10.0. The number of hydrogen-bond acceptors (Lipinski definition) is 4. The van der Waals surface area contributed by atoms with E-state index in [-0.39, 0.29) is 0 Å². The Morgan fingerprint density at radius 3 is 2.07 bits per heavy atom. The van der Waals surface area contributed by atoms with Gasteiger partial charge in [-0.05, 0) is 61.4 Å². The summed E-state index contributed by atoms with van der Waals surface area (Å²) in [4.78, 5) is 23.7. The van der Waals surface area contributed by atoms with Crippen LogP contribution >= 0.6 is 0 Å². The van der Waals surface area contributed by atoms with E-state index in [0.717, 1.165) is 22.4 Å². The number of aryl methyl sites for hydroxylation is 2. The largest absolute Gasteiger partial charge is 0.489 e. The average Bonchev–Trinajstić information content (AvgIpc) is 2.76. The highest BCUT2D eigenvalue weighted by Gasteiger charge is 2.12. The highest BCUT2D eigenvalue weighted by atomic mass is 16.5. The lowest BCUT2D eigenvalue weighted by molar-refractivity contribution is -0.136. The SMILES string of the molecule is Cc1ccc(COc2ccc(/C=N/NC(=O)C(=O)Nc3ccc(C)cc3)cc2)cc1. The number of carbonyl (C=O) groups excluding carboxylic acids is 2. The van der Waals surface area contributed by atoms with Crippen molar-refractivity contribution < 1.29 is 14.3 Å². The van der Waals surface area contributed by atoms with Crippen LogP contribution in [0.25, 0.3) is 0 Å². The second-order valence-electron chi connectivity index (χ2n) is 6.86. The molecule has 0 saturated carbocycles. The summed E-state index contributed by atoms with van der Waals surface area (Å²) in [5.41, 5.74) is 6.89. The molecule has 3 aromatic rings. The van der Waals surface area contributed by atoms with Crippen LogP contribution in [0.2, 0.25) is 0 Å². The quantitative estimate of drug-likeness (QED) is 0.373. The molecule has 0 fully saturated rings. The molecular formula is C24H23N3O3. The Bertz CT molecular complexity index is 1020. The van der Waals surface area contributed by atoms with Crippen LogP contribution in [0.4, 0.5) is 5.69 Å². The van der Waals surface area contributed by atoms with Crippen LogP contribution in [0, 0.1) is 13.8 Å². The summed E-state index contributed by atoms with van der Waals surface area (Å²) < 4.78 is 5.76. The maximum Gasteiger partial charge on any atom is 0.329 e. The van der Waals surface area contributed by atoms with Gasteiger partial charge in [0, 0.05) is 5.69 Å². The highest BCUT2D eigenvalue weighted by Crippen LogP contribution is 2.14. The van der Waals surface area contributed by atoms with Crippen LogP contribution < -0.4 is 15.5 Å². The normalized spacial score (nSPS) is 10.6. The first-order valence-corrected chi connectivity index (χ1v) is 9.49. The summed E-state index contributed by atoms with van der Waals surface area (Å²) in [6, 6.07) is 22.6. The number of amides is 2. The van der Waals surface area contributed by atoms with Gasteiger partial charge in [0.1, 0.15) is 12.4 Å². The predicted octanol–water partition coefficient (Wildman–Crippen LogP) is 3.97. The first-order chi connectivity index (χ1) is 14.5. The first-order valence-electron chi connectivity index (χ1n) is 9.49. The molecule has 6 heteroatoms. The van der Waals surface area contributed by atoms with Gasteiger partial charge in [-0.1, -0.05) is 47.5 Å². The maximum atomic E-state index is 11.9. The highest BCUT2D eigenvalue weighted by molar-refractivity contribution is 6.39. The van der Waals surface area contributed by atoms with Gasteiger partial charge in [-0.2, -0.15) is 5.10 Å². The molecule has 0 aliphatic heterocycles. The van der Waals surface area contributed by atoms with Crippen LogP contribution in [-0.4, -0.2) is 18.0 Å². The Labute approximate surface area is 175 Å². The smallest absolute Gasteiger partial charge is 0.329 e. The van der Waals surface area contributed by atoms with E-state index in [9.17, 15) is 9.59 Å². The molecule has 2 amide bonds. The average molecular weight is 401 g/mol. The van der Waals surface area contributed by atoms with E-state index < -0.39 is 11.8 Å². The van der Waals surface area contributed by atoms with Crippen LogP contribution in [-0.2, 0) is 16.2 Å². The minimum absolute atomic E-state index is 0.486. The monoisotopic (exact) mass is 401 g/mol. The molecule has 152 valence electrons. The fraction of sp³-hybridized carbons (Fsp3) is 0.125. The summed E-state index contributed by atoms with van der Waals surface area (Å²) in [7, 11) is 0. The standard InChI is InChI=1S/C24H23N3O3/c1-17-3-7-20(8-4-17)16-30-22-13-9-19(10-14-22)15-25-27-24(29)23(28)26-21-11-5-18(2)6-12-21/h3-15H,16H2,1-2H3,(H,26,28)(H,27,29)/b25-15+. The molecule has 0 spiro atoms. The van der Waals surface area contributed by atoms with Crippen molar-refractivity contribution in [1.82, 2.24) is 5.43 Å². The van der Waals surface area contributed by atoms with Gasteiger partial charge in [0.05, 0.1) is 6.21 Å². The topological polar surface area (TPSA) is 79.8 Å². The van der Waals surface area contributed by atoms with Gasteiger partial charge < -0.3 is 10.1 Å². The molecule has 0 atom stereocenters. The Hall–Kier alpha value is -3.93. The van der Waals surface area contributed by atoms with Crippen molar-refractivity contribution in [1.29, 1.82) is 0 Å². The molecule has 6 nitrogen and oxygen atoms in total.